The first-order valence-corrected chi connectivity index (χ1v) is 7.78. The summed E-state index contributed by atoms with van der Waals surface area (Å²) in [5.41, 5.74) is 2.58. The lowest BCUT2D eigenvalue weighted by atomic mass is 9.87. The highest BCUT2D eigenvalue weighted by atomic mass is 35.5. The molecular formula is C16H20ClNO2. The first-order chi connectivity index (χ1) is 9.65. The summed E-state index contributed by atoms with van der Waals surface area (Å²) in [6, 6.07) is 6.58. The largest absolute Gasteiger partial charge is 0.481 e. The van der Waals surface area contributed by atoms with Gasteiger partial charge in [0.1, 0.15) is 0 Å². The van der Waals surface area contributed by atoms with Crippen molar-refractivity contribution in [1.82, 2.24) is 5.32 Å². The lowest BCUT2D eigenvalue weighted by Crippen LogP contribution is -2.45. The molecule has 1 saturated carbocycles. The number of aryl methyl sites for hydroxylation is 1. The van der Waals surface area contributed by atoms with Crippen molar-refractivity contribution in [2.75, 3.05) is 0 Å². The maximum absolute atomic E-state index is 11.2. The Morgan fingerprint density at radius 3 is 2.95 bits per heavy atom. The Labute approximate surface area is 124 Å². The lowest BCUT2D eigenvalue weighted by molar-refractivity contribution is -0.142. The summed E-state index contributed by atoms with van der Waals surface area (Å²) in [6.45, 7) is 0. The van der Waals surface area contributed by atoms with Gasteiger partial charge in [0.15, 0.2) is 0 Å². The van der Waals surface area contributed by atoms with Crippen molar-refractivity contribution in [2.24, 2.45) is 5.92 Å². The van der Waals surface area contributed by atoms with Crippen molar-refractivity contribution < 1.29 is 9.90 Å². The molecule has 2 aliphatic rings. The summed E-state index contributed by atoms with van der Waals surface area (Å²) in [6.07, 6.45) is 5.80. The van der Waals surface area contributed by atoms with Crippen LogP contribution in [0.4, 0.5) is 0 Å². The van der Waals surface area contributed by atoms with Crippen LogP contribution >= 0.6 is 11.6 Å². The Bertz CT molecular complexity index is 517. The Hall–Kier alpha value is -1.06. The van der Waals surface area contributed by atoms with Gasteiger partial charge in [-0.15, -0.1) is 0 Å². The van der Waals surface area contributed by atoms with Crippen LogP contribution < -0.4 is 5.32 Å². The van der Waals surface area contributed by atoms with Gasteiger partial charge in [0, 0.05) is 17.1 Å². The molecule has 3 nitrogen and oxygen atoms in total. The number of nitrogens with one attached hydrogen (secondary N) is 1. The normalized spacial score (nSPS) is 29.1. The molecule has 0 saturated heterocycles. The van der Waals surface area contributed by atoms with Gasteiger partial charge in [-0.2, -0.15) is 0 Å². The van der Waals surface area contributed by atoms with E-state index in [1.54, 1.807) is 0 Å². The molecule has 1 aromatic carbocycles. The van der Waals surface area contributed by atoms with Crippen molar-refractivity contribution in [3.05, 3.63) is 34.3 Å². The fourth-order valence-corrected chi connectivity index (χ4v) is 3.92. The van der Waals surface area contributed by atoms with Crippen LogP contribution in [0.3, 0.4) is 0 Å². The average Bonchev–Trinajstić information content (AvgIpc) is 2.88. The molecule has 0 aromatic heterocycles. The minimum absolute atomic E-state index is 0.126. The number of hydrogen-bond acceptors (Lipinski definition) is 2. The van der Waals surface area contributed by atoms with Crippen LogP contribution in [0.5, 0.6) is 0 Å². The van der Waals surface area contributed by atoms with Gasteiger partial charge in [0.2, 0.25) is 0 Å². The second kappa shape index (κ2) is 5.74. The van der Waals surface area contributed by atoms with Crippen molar-refractivity contribution in [1.29, 1.82) is 0 Å². The average molecular weight is 294 g/mol. The summed E-state index contributed by atoms with van der Waals surface area (Å²) >= 11 is 6.28. The molecule has 0 radical (unpaired) electrons. The van der Waals surface area contributed by atoms with Crippen molar-refractivity contribution in [3.63, 3.8) is 0 Å². The Kier molecular flexibility index (Phi) is 3.99. The third-order valence-corrected chi connectivity index (χ3v) is 5.07. The molecule has 108 valence electrons. The van der Waals surface area contributed by atoms with Crippen LogP contribution in [-0.2, 0) is 17.6 Å². The van der Waals surface area contributed by atoms with Gasteiger partial charge in [-0.1, -0.05) is 30.2 Å². The van der Waals surface area contributed by atoms with Gasteiger partial charge in [0.25, 0.3) is 0 Å². The fourth-order valence-electron chi connectivity index (χ4n) is 3.64. The molecule has 3 atom stereocenters. The minimum Gasteiger partial charge on any atom is -0.481 e. The summed E-state index contributed by atoms with van der Waals surface area (Å²) in [5.74, 6) is -0.878. The highest BCUT2D eigenvalue weighted by Gasteiger charge is 2.34. The van der Waals surface area contributed by atoms with Crippen LogP contribution in [0.15, 0.2) is 18.2 Å². The van der Waals surface area contributed by atoms with Gasteiger partial charge in [0.05, 0.1) is 5.92 Å². The SMILES string of the molecule is O=C(O)[C@@H]1CCC[C@@H]1NC1CCc2cccc(Cl)c2C1. The zero-order valence-electron chi connectivity index (χ0n) is 11.4. The maximum atomic E-state index is 11.2. The highest BCUT2D eigenvalue weighted by Crippen LogP contribution is 2.31. The summed E-state index contributed by atoms with van der Waals surface area (Å²) in [7, 11) is 0. The van der Waals surface area contributed by atoms with Gasteiger partial charge >= 0.3 is 5.97 Å². The molecule has 0 bridgehead atoms. The number of rotatable bonds is 3. The molecule has 0 heterocycles. The first-order valence-electron chi connectivity index (χ1n) is 7.40. The van der Waals surface area contributed by atoms with E-state index in [-0.39, 0.29) is 12.0 Å². The van der Waals surface area contributed by atoms with E-state index in [0.717, 1.165) is 43.5 Å². The number of aliphatic carboxylic acids is 1. The molecule has 1 unspecified atom stereocenters. The molecule has 0 amide bonds. The number of carbonyl (C=O) groups is 1. The van der Waals surface area contributed by atoms with Gasteiger partial charge < -0.3 is 10.4 Å². The van der Waals surface area contributed by atoms with E-state index in [0.29, 0.717) is 6.04 Å². The topological polar surface area (TPSA) is 49.3 Å². The van der Waals surface area contributed by atoms with Gasteiger partial charge in [-0.25, -0.2) is 0 Å². The van der Waals surface area contributed by atoms with Crippen molar-refractivity contribution in [3.8, 4) is 0 Å². The number of hydrogen-bond donors (Lipinski definition) is 2. The summed E-state index contributed by atoms with van der Waals surface area (Å²) < 4.78 is 0. The monoisotopic (exact) mass is 293 g/mol. The summed E-state index contributed by atoms with van der Waals surface area (Å²) in [5, 5.41) is 13.7. The van der Waals surface area contributed by atoms with E-state index in [9.17, 15) is 9.90 Å². The van der Waals surface area contributed by atoms with Crippen LogP contribution in [0.25, 0.3) is 0 Å². The zero-order chi connectivity index (χ0) is 14.1. The van der Waals surface area contributed by atoms with Crippen LogP contribution in [0.1, 0.15) is 36.8 Å². The third-order valence-electron chi connectivity index (χ3n) is 4.71. The van der Waals surface area contributed by atoms with E-state index in [4.69, 9.17) is 11.6 Å². The van der Waals surface area contributed by atoms with Crippen LogP contribution in [0, 0.1) is 5.92 Å². The standard InChI is InChI=1S/C16H20ClNO2/c17-14-5-1-3-10-7-8-11(9-13(10)14)18-15-6-2-4-12(15)16(19)20/h1,3,5,11-12,15,18H,2,4,6-9H2,(H,19,20)/t11?,12-,15+/m1/s1. The van der Waals surface area contributed by atoms with E-state index in [1.807, 2.05) is 12.1 Å². The fraction of sp³-hybridized carbons (Fsp3) is 0.562. The molecule has 2 aliphatic carbocycles. The van der Waals surface area contributed by atoms with E-state index < -0.39 is 5.97 Å². The van der Waals surface area contributed by atoms with Crippen molar-refractivity contribution >= 4 is 17.6 Å². The molecule has 2 N–H and O–H groups in total. The Morgan fingerprint density at radius 1 is 1.30 bits per heavy atom. The van der Waals surface area contributed by atoms with E-state index in [2.05, 4.69) is 11.4 Å². The first kappa shape index (κ1) is 13.9. The van der Waals surface area contributed by atoms with Gasteiger partial charge in [-0.3, -0.25) is 4.79 Å². The quantitative estimate of drug-likeness (QED) is 0.900. The van der Waals surface area contributed by atoms with E-state index >= 15 is 0 Å². The van der Waals surface area contributed by atoms with Gasteiger partial charge in [-0.05, 0) is 49.3 Å². The number of carboxylic acid groups (broad SMARTS) is 1. The number of fused-ring (bicyclic) bond motifs is 1. The molecule has 0 aliphatic heterocycles. The molecule has 20 heavy (non-hydrogen) atoms. The highest BCUT2D eigenvalue weighted by molar-refractivity contribution is 6.31. The van der Waals surface area contributed by atoms with Crippen LogP contribution in [0.2, 0.25) is 5.02 Å². The lowest BCUT2D eigenvalue weighted by Gasteiger charge is -2.30. The number of halogens is 1. The predicted octanol–water partition coefficient (Wildman–Crippen LogP) is 3.04. The molecule has 0 spiro atoms. The zero-order valence-corrected chi connectivity index (χ0v) is 12.2. The third kappa shape index (κ3) is 2.70. The molecule has 4 heteroatoms. The Balaban J connectivity index is 1.68. The Morgan fingerprint density at radius 2 is 2.15 bits per heavy atom. The second-order valence-electron chi connectivity index (χ2n) is 5.97. The molecule has 1 aromatic rings. The predicted molar refractivity (Wildman–Crippen MR) is 79.2 cm³/mol. The van der Waals surface area contributed by atoms with Crippen molar-refractivity contribution in [2.45, 2.75) is 50.6 Å². The summed E-state index contributed by atoms with van der Waals surface area (Å²) in [4.78, 5) is 11.2. The molecular weight excluding hydrogens is 274 g/mol. The molecule has 3 rings (SSSR count). The van der Waals surface area contributed by atoms with Crippen LogP contribution in [-0.4, -0.2) is 23.2 Å². The second-order valence-corrected chi connectivity index (χ2v) is 6.37. The number of benzene rings is 1. The minimum atomic E-state index is -0.658. The molecule has 1 fully saturated rings. The van der Waals surface area contributed by atoms with E-state index in [1.165, 1.54) is 11.1 Å². The maximum Gasteiger partial charge on any atom is 0.308 e. The smallest absolute Gasteiger partial charge is 0.308 e. The number of carboxylic acids is 1.